The van der Waals surface area contributed by atoms with Crippen LogP contribution >= 0.6 is 0 Å². The van der Waals surface area contributed by atoms with E-state index in [2.05, 4.69) is 0 Å². The molecular weight excluding hydrogens is 437 g/mol. The maximum absolute atomic E-state index is 13.7. The lowest BCUT2D eigenvalue weighted by molar-refractivity contribution is -0.132. The number of methoxy groups -OCH3 is 2. The third-order valence-corrected chi connectivity index (χ3v) is 6.06. The van der Waals surface area contributed by atoms with Crippen molar-refractivity contribution in [2.45, 2.75) is 19.9 Å². The largest absolute Gasteiger partial charge is 0.507 e. The van der Waals surface area contributed by atoms with Gasteiger partial charge in [-0.05, 0) is 73.0 Å². The Labute approximate surface area is 196 Å². The van der Waals surface area contributed by atoms with Crippen LogP contribution in [0.1, 0.15) is 28.3 Å². The minimum atomic E-state index is -0.974. The Morgan fingerprint density at radius 3 is 2.24 bits per heavy atom. The maximum atomic E-state index is 13.7. The molecule has 1 heterocycles. The standard InChI is InChI=1S/C27H24FNO5/c1-15-5-10-19(13-16(15)2)29-24(17-6-8-18(28)9-7-17)23(26(31)27(29)32)25(30)21-14-20(33-3)11-12-22(21)34-4/h5-14,24,30H,1-4H3/b25-23+. The number of hydrogen-bond acceptors (Lipinski definition) is 5. The summed E-state index contributed by atoms with van der Waals surface area (Å²) in [5, 5.41) is 11.4. The second kappa shape index (κ2) is 9.02. The zero-order valence-corrected chi connectivity index (χ0v) is 19.3. The summed E-state index contributed by atoms with van der Waals surface area (Å²) in [5.41, 5.74) is 3.01. The molecule has 0 aliphatic carbocycles. The smallest absolute Gasteiger partial charge is 0.300 e. The second-order valence-electron chi connectivity index (χ2n) is 8.06. The van der Waals surface area contributed by atoms with Gasteiger partial charge in [0.1, 0.15) is 23.1 Å². The number of nitrogens with zero attached hydrogens (tertiary/aromatic N) is 1. The normalized spacial score (nSPS) is 17.2. The van der Waals surface area contributed by atoms with Crippen molar-refractivity contribution in [3.05, 3.63) is 94.3 Å². The molecule has 3 aromatic rings. The number of amides is 1. The average Bonchev–Trinajstić information content (AvgIpc) is 3.10. The zero-order valence-electron chi connectivity index (χ0n) is 19.3. The third kappa shape index (κ3) is 3.90. The highest BCUT2D eigenvalue weighted by Crippen LogP contribution is 2.44. The molecule has 3 aromatic carbocycles. The Bertz CT molecular complexity index is 1310. The van der Waals surface area contributed by atoms with E-state index in [4.69, 9.17) is 9.47 Å². The molecule has 1 aliphatic heterocycles. The Hall–Kier alpha value is -4.13. The molecule has 34 heavy (non-hydrogen) atoms. The van der Waals surface area contributed by atoms with E-state index in [1.165, 1.54) is 49.5 Å². The first-order valence-electron chi connectivity index (χ1n) is 10.6. The number of ketones is 1. The molecule has 1 N–H and O–H groups in total. The van der Waals surface area contributed by atoms with Gasteiger partial charge in [-0.25, -0.2) is 4.39 Å². The van der Waals surface area contributed by atoms with Crippen molar-refractivity contribution in [1.82, 2.24) is 0 Å². The van der Waals surface area contributed by atoms with Crippen LogP contribution in [0.5, 0.6) is 11.5 Å². The van der Waals surface area contributed by atoms with E-state index >= 15 is 0 Å². The molecule has 0 spiro atoms. The van der Waals surface area contributed by atoms with Crippen molar-refractivity contribution < 1.29 is 28.6 Å². The number of ether oxygens (including phenoxy) is 2. The Morgan fingerprint density at radius 1 is 0.912 bits per heavy atom. The summed E-state index contributed by atoms with van der Waals surface area (Å²) in [4.78, 5) is 27.9. The lowest BCUT2D eigenvalue weighted by atomic mass is 9.94. The average molecular weight is 461 g/mol. The van der Waals surface area contributed by atoms with Crippen LogP contribution in [0, 0.1) is 19.7 Å². The van der Waals surface area contributed by atoms with Gasteiger partial charge in [0.25, 0.3) is 11.7 Å². The minimum absolute atomic E-state index is 0.124. The number of hydrogen-bond donors (Lipinski definition) is 1. The molecule has 1 saturated heterocycles. The molecule has 1 atom stereocenters. The number of anilines is 1. The monoisotopic (exact) mass is 461 g/mol. The number of aryl methyl sites for hydroxylation is 2. The van der Waals surface area contributed by atoms with Gasteiger partial charge in [-0.3, -0.25) is 14.5 Å². The fourth-order valence-corrected chi connectivity index (χ4v) is 4.08. The van der Waals surface area contributed by atoms with Crippen molar-refractivity contribution in [3.8, 4) is 11.5 Å². The van der Waals surface area contributed by atoms with Crippen LogP contribution in [0.2, 0.25) is 0 Å². The summed E-state index contributed by atoms with van der Waals surface area (Å²) >= 11 is 0. The lowest BCUT2D eigenvalue weighted by Crippen LogP contribution is -2.29. The Kier molecular flexibility index (Phi) is 6.11. The molecule has 1 fully saturated rings. The van der Waals surface area contributed by atoms with Crippen LogP contribution in [0.25, 0.3) is 5.76 Å². The van der Waals surface area contributed by atoms with Gasteiger partial charge < -0.3 is 14.6 Å². The van der Waals surface area contributed by atoms with Gasteiger partial charge in [0.15, 0.2) is 0 Å². The topological polar surface area (TPSA) is 76.1 Å². The van der Waals surface area contributed by atoms with Crippen LogP contribution in [0.4, 0.5) is 10.1 Å². The predicted octanol–water partition coefficient (Wildman–Crippen LogP) is 5.09. The number of halogens is 1. The molecule has 1 amide bonds. The number of aliphatic hydroxyl groups excluding tert-OH is 1. The van der Waals surface area contributed by atoms with E-state index in [0.717, 1.165) is 11.1 Å². The summed E-state index contributed by atoms with van der Waals surface area (Å²) in [6.07, 6.45) is 0. The fraction of sp³-hybridized carbons (Fsp3) is 0.185. The lowest BCUT2D eigenvalue weighted by Gasteiger charge is -2.26. The van der Waals surface area contributed by atoms with Crippen molar-refractivity contribution in [2.24, 2.45) is 0 Å². The van der Waals surface area contributed by atoms with E-state index < -0.39 is 29.3 Å². The summed E-state index contributed by atoms with van der Waals surface area (Å²) in [5.74, 6) is -1.77. The SMILES string of the molecule is COc1ccc(OC)c(/C(O)=C2\C(=O)C(=O)N(c3ccc(C)c(C)c3)C2c2ccc(F)cc2)c1. The molecule has 0 radical (unpaired) electrons. The van der Waals surface area contributed by atoms with E-state index in [1.807, 2.05) is 26.0 Å². The van der Waals surface area contributed by atoms with Gasteiger partial charge in [0.05, 0.1) is 31.4 Å². The van der Waals surface area contributed by atoms with Crippen LogP contribution < -0.4 is 14.4 Å². The number of aliphatic hydroxyl groups is 1. The highest BCUT2D eigenvalue weighted by Gasteiger charge is 2.47. The molecule has 0 saturated carbocycles. The maximum Gasteiger partial charge on any atom is 0.300 e. The van der Waals surface area contributed by atoms with E-state index in [0.29, 0.717) is 22.7 Å². The van der Waals surface area contributed by atoms with Crippen molar-refractivity contribution >= 4 is 23.1 Å². The number of Topliss-reactive ketones (excluding diaryl/α,β-unsaturated/α-hetero) is 1. The Morgan fingerprint density at radius 2 is 1.62 bits per heavy atom. The quantitative estimate of drug-likeness (QED) is 0.326. The second-order valence-corrected chi connectivity index (χ2v) is 8.06. The van der Waals surface area contributed by atoms with Gasteiger partial charge >= 0.3 is 0 Å². The predicted molar refractivity (Wildman–Crippen MR) is 127 cm³/mol. The van der Waals surface area contributed by atoms with Crippen LogP contribution in [0.15, 0.2) is 66.2 Å². The summed E-state index contributed by atoms with van der Waals surface area (Å²) in [7, 11) is 2.91. The molecule has 7 heteroatoms. The molecule has 0 aromatic heterocycles. The number of rotatable bonds is 5. The first-order valence-corrected chi connectivity index (χ1v) is 10.6. The molecule has 174 valence electrons. The minimum Gasteiger partial charge on any atom is -0.507 e. The molecule has 4 rings (SSSR count). The van der Waals surface area contributed by atoms with Crippen LogP contribution in [-0.4, -0.2) is 31.0 Å². The van der Waals surface area contributed by atoms with E-state index in [-0.39, 0.29) is 11.1 Å². The Balaban J connectivity index is 1.99. The van der Waals surface area contributed by atoms with E-state index in [9.17, 15) is 19.1 Å². The van der Waals surface area contributed by atoms with Gasteiger partial charge in [-0.2, -0.15) is 0 Å². The molecule has 1 aliphatic rings. The number of carbonyl (C=O) groups excluding carboxylic acids is 2. The zero-order chi connectivity index (χ0) is 24.6. The van der Waals surface area contributed by atoms with Crippen molar-refractivity contribution in [1.29, 1.82) is 0 Å². The highest BCUT2D eigenvalue weighted by molar-refractivity contribution is 6.51. The summed E-state index contributed by atoms with van der Waals surface area (Å²) < 4.78 is 24.3. The van der Waals surface area contributed by atoms with Gasteiger partial charge in [-0.1, -0.05) is 18.2 Å². The highest BCUT2D eigenvalue weighted by atomic mass is 19.1. The first-order chi connectivity index (χ1) is 16.3. The van der Waals surface area contributed by atoms with Crippen LogP contribution in [-0.2, 0) is 9.59 Å². The summed E-state index contributed by atoms with van der Waals surface area (Å²) in [6.45, 7) is 3.85. The fourth-order valence-electron chi connectivity index (χ4n) is 4.08. The third-order valence-electron chi connectivity index (χ3n) is 6.06. The molecular formula is C27H24FNO5. The van der Waals surface area contributed by atoms with Gasteiger partial charge in [0, 0.05) is 5.69 Å². The molecule has 1 unspecified atom stereocenters. The van der Waals surface area contributed by atoms with Crippen molar-refractivity contribution in [3.63, 3.8) is 0 Å². The van der Waals surface area contributed by atoms with Gasteiger partial charge in [-0.15, -0.1) is 0 Å². The first kappa shape index (κ1) is 23.0. The van der Waals surface area contributed by atoms with Crippen LogP contribution in [0.3, 0.4) is 0 Å². The summed E-state index contributed by atoms with van der Waals surface area (Å²) in [6, 6.07) is 14.7. The van der Waals surface area contributed by atoms with Crippen molar-refractivity contribution in [2.75, 3.05) is 19.1 Å². The van der Waals surface area contributed by atoms with E-state index in [1.54, 1.807) is 18.2 Å². The molecule has 6 nitrogen and oxygen atoms in total. The number of carbonyl (C=O) groups is 2. The van der Waals surface area contributed by atoms with Gasteiger partial charge in [0.2, 0.25) is 0 Å². The molecule has 0 bridgehead atoms. The number of benzene rings is 3.